The Hall–Kier alpha value is -0.0800. The smallest absolute Gasteiger partial charge is 0.0430 e. The summed E-state index contributed by atoms with van der Waals surface area (Å²) in [7, 11) is 0. The van der Waals surface area contributed by atoms with E-state index in [-0.39, 0.29) is 0 Å². The summed E-state index contributed by atoms with van der Waals surface area (Å²) in [5.41, 5.74) is 0. The van der Waals surface area contributed by atoms with Crippen LogP contribution in [0.15, 0.2) is 0 Å². The van der Waals surface area contributed by atoms with Gasteiger partial charge in [-0.25, -0.2) is 0 Å². The normalized spacial score (nSPS) is 8.40. The summed E-state index contributed by atoms with van der Waals surface area (Å²) < 4.78 is 0. The van der Waals surface area contributed by atoms with E-state index in [1.54, 1.807) is 0 Å². The lowest BCUT2D eigenvalue weighted by atomic mass is 10.4. The van der Waals surface area contributed by atoms with Crippen molar-refractivity contribution in [2.24, 2.45) is 0 Å². The quantitative estimate of drug-likeness (QED) is 0.630. The van der Waals surface area contributed by atoms with Crippen LogP contribution in [0.3, 0.4) is 0 Å². The molecule has 0 aliphatic carbocycles. The molecule has 0 radical (unpaired) electrons. The van der Waals surface area contributed by atoms with E-state index in [4.69, 9.17) is 5.11 Å². The van der Waals surface area contributed by atoms with Crippen LogP contribution >= 0.6 is 0 Å². The Labute approximate surface area is 64.6 Å². The average molecular weight is 147 g/mol. The first-order valence-corrected chi connectivity index (χ1v) is 4.14. The van der Waals surface area contributed by atoms with E-state index >= 15 is 0 Å². The Morgan fingerprint density at radius 2 is 1.60 bits per heavy atom. The Balaban J connectivity index is 0. The second-order valence-electron chi connectivity index (χ2n) is 2.03. The van der Waals surface area contributed by atoms with Crippen LogP contribution in [-0.4, -0.2) is 24.8 Å². The van der Waals surface area contributed by atoms with Crippen LogP contribution in [0.2, 0.25) is 0 Å². The van der Waals surface area contributed by atoms with Crippen LogP contribution in [0.25, 0.3) is 0 Å². The molecule has 2 N–H and O–H groups in total. The highest BCUT2D eigenvalue weighted by Crippen LogP contribution is 1.78. The molecule has 0 spiro atoms. The van der Waals surface area contributed by atoms with Crippen molar-refractivity contribution < 1.29 is 5.11 Å². The van der Waals surface area contributed by atoms with Gasteiger partial charge in [0, 0.05) is 6.61 Å². The van der Waals surface area contributed by atoms with Crippen molar-refractivity contribution in [2.45, 2.75) is 33.6 Å². The Morgan fingerprint density at radius 3 is 1.60 bits per heavy atom. The lowest BCUT2D eigenvalue weighted by Crippen LogP contribution is -2.09. The van der Waals surface area contributed by atoms with E-state index < -0.39 is 0 Å². The summed E-state index contributed by atoms with van der Waals surface area (Å²) >= 11 is 0. The highest BCUT2D eigenvalue weighted by Gasteiger charge is 1.69. The van der Waals surface area contributed by atoms with Crippen molar-refractivity contribution in [3.63, 3.8) is 0 Å². The van der Waals surface area contributed by atoms with Crippen molar-refractivity contribution in [3.8, 4) is 0 Å². The number of rotatable bonds is 4. The van der Waals surface area contributed by atoms with Gasteiger partial charge in [-0.2, -0.15) is 0 Å². The van der Waals surface area contributed by atoms with Gasteiger partial charge in [0.2, 0.25) is 0 Å². The Morgan fingerprint density at radius 1 is 1.10 bits per heavy atom. The maximum absolute atomic E-state index is 8.07. The fourth-order valence-electron chi connectivity index (χ4n) is 0.408. The molecule has 0 saturated carbocycles. The van der Waals surface area contributed by atoms with Crippen molar-refractivity contribution in [2.75, 3.05) is 19.7 Å². The number of unbranched alkanes of at least 4 members (excludes halogenated alkanes) is 1. The number of nitrogens with one attached hydrogen (secondary N) is 1. The first-order valence-electron chi connectivity index (χ1n) is 4.14. The van der Waals surface area contributed by atoms with Crippen molar-refractivity contribution in [1.29, 1.82) is 0 Å². The van der Waals surface area contributed by atoms with Gasteiger partial charge in [0.25, 0.3) is 0 Å². The first-order chi connectivity index (χ1) is 4.83. The number of aliphatic hydroxyl groups is 1. The highest BCUT2D eigenvalue weighted by molar-refractivity contribution is 4.27. The van der Waals surface area contributed by atoms with Gasteiger partial charge in [0.05, 0.1) is 0 Å². The topological polar surface area (TPSA) is 32.3 Å². The van der Waals surface area contributed by atoms with E-state index in [1.807, 2.05) is 0 Å². The van der Waals surface area contributed by atoms with Crippen LogP contribution in [0.4, 0.5) is 0 Å². The second kappa shape index (κ2) is 16.0. The molecular formula is C8H21NO. The molecule has 0 aromatic heterocycles. The molecule has 64 valence electrons. The van der Waals surface area contributed by atoms with Crippen LogP contribution < -0.4 is 5.32 Å². The van der Waals surface area contributed by atoms with Gasteiger partial charge in [-0.05, 0) is 19.5 Å². The van der Waals surface area contributed by atoms with Gasteiger partial charge < -0.3 is 10.4 Å². The molecule has 0 fully saturated rings. The zero-order valence-electron chi connectivity index (χ0n) is 7.48. The van der Waals surface area contributed by atoms with E-state index in [9.17, 15) is 0 Å². The molecule has 0 aromatic rings. The van der Waals surface area contributed by atoms with Gasteiger partial charge in [0.1, 0.15) is 0 Å². The molecule has 0 aromatic carbocycles. The Kier molecular flexibility index (Phi) is 20.1. The first kappa shape index (κ1) is 12.6. The summed E-state index contributed by atoms with van der Waals surface area (Å²) in [6.07, 6.45) is 2.04. The molecule has 0 aliphatic rings. The zero-order valence-corrected chi connectivity index (χ0v) is 7.48. The minimum atomic E-state index is 0.344. The SMILES string of the molecule is CCCCO.CCNCC. The van der Waals surface area contributed by atoms with Crippen LogP contribution in [-0.2, 0) is 0 Å². The van der Waals surface area contributed by atoms with Crippen molar-refractivity contribution in [1.82, 2.24) is 5.32 Å². The standard InChI is InChI=1S/C4H11N.C4H10O/c1-3-5-4-2;1-2-3-4-5/h5H,3-4H2,1-2H3;5H,2-4H2,1H3. The lowest BCUT2D eigenvalue weighted by molar-refractivity contribution is 0.287. The minimum absolute atomic E-state index is 0.344. The third kappa shape index (κ3) is 24.7. The van der Waals surface area contributed by atoms with Crippen LogP contribution in [0, 0.1) is 0 Å². The predicted molar refractivity (Wildman–Crippen MR) is 46.2 cm³/mol. The number of hydrogen-bond donors (Lipinski definition) is 2. The van der Waals surface area contributed by atoms with E-state index in [0.29, 0.717) is 6.61 Å². The van der Waals surface area contributed by atoms with Gasteiger partial charge in [0.15, 0.2) is 0 Å². The van der Waals surface area contributed by atoms with E-state index in [2.05, 4.69) is 26.1 Å². The molecule has 0 rings (SSSR count). The van der Waals surface area contributed by atoms with Crippen molar-refractivity contribution >= 4 is 0 Å². The van der Waals surface area contributed by atoms with Gasteiger partial charge >= 0.3 is 0 Å². The van der Waals surface area contributed by atoms with Crippen LogP contribution in [0.1, 0.15) is 33.6 Å². The molecule has 0 amide bonds. The molecule has 0 unspecified atom stereocenters. The van der Waals surface area contributed by atoms with Gasteiger partial charge in [-0.15, -0.1) is 0 Å². The number of hydrogen-bond acceptors (Lipinski definition) is 2. The monoisotopic (exact) mass is 147 g/mol. The molecule has 0 atom stereocenters. The maximum Gasteiger partial charge on any atom is 0.0430 e. The second-order valence-corrected chi connectivity index (χ2v) is 2.03. The molecule has 0 bridgehead atoms. The average Bonchev–Trinajstić information content (AvgIpc) is 1.93. The summed E-state index contributed by atoms with van der Waals surface area (Å²) in [5, 5.41) is 11.2. The third-order valence-electron chi connectivity index (χ3n) is 1.01. The summed E-state index contributed by atoms with van der Waals surface area (Å²) in [5.74, 6) is 0. The highest BCUT2D eigenvalue weighted by atomic mass is 16.2. The molecule has 10 heavy (non-hydrogen) atoms. The summed E-state index contributed by atoms with van der Waals surface area (Å²) in [4.78, 5) is 0. The van der Waals surface area contributed by atoms with Crippen molar-refractivity contribution in [3.05, 3.63) is 0 Å². The minimum Gasteiger partial charge on any atom is -0.396 e. The summed E-state index contributed by atoms with van der Waals surface area (Å²) in [6, 6.07) is 0. The van der Waals surface area contributed by atoms with Crippen LogP contribution in [0.5, 0.6) is 0 Å². The predicted octanol–water partition coefficient (Wildman–Crippen LogP) is 1.39. The fourth-order valence-corrected chi connectivity index (χ4v) is 0.408. The maximum atomic E-state index is 8.07. The van der Waals surface area contributed by atoms with E-state index in [0.717, 1.165) is 25.9 Å². The largest absolute Gasteiger partial charge is 0.396 e. The number of aliphatic hydroxyl groups excluding tert-OH is 1. The Bertz CT molecular complexity index is 30.2. The third-order valence-corrected chi connectivity index (χ3v) is 1.01. The molecule has 0 aliphatic heterocycles. The lowest BCUT2D eigenvalue weighted by Gasteiger charge is -1.86. The molecule has 0 saturated heterocycles. The van der Waals surface area contributed by atoms with E-state index in [1.165, 1.54) is 0 Å². The molecule has 2 nitrogen and oxygen atoms in total. The zero-order chi connectivity index (χ0) is 8.24. The van der Waals surface area contributed by atoms with Gasteiger partial charge in [-0.3, -0.25) is 0 Å². The van der Waals surface area contributed by atoms with Gasteiger partial charge in [-0.1, -0.05) is 27.2 Å². The molecule has 2 heteroatoms. The summed E-state index contributed by atoms with van der Waals surface area (Å²) in [6.45, 7) is 8.78. The molecular weight excluding hydrogens is 126 g/mol. The molecule has 0 heterocycles. The fraction of sp³-hybridized carbons (Fsp3) is 1.00.